The Balaban J connectivity index is 1.25. The predicted molar refractivity (Wildman–Crippen MR) is 129 cm³/mol. The van der Waals surface area contributed by atoms with E-state index >= 15 is 0 Å². The average Bonchev–Trinajstić information content (AvgIpc) is 3.29. The number of nitrogens with one attached hydrogen (secondary N) is 1. The van der Waals surface area contributed by atoms with Crippen molar-refractivity contribution in [2.45, 2.75) is 64.0 Å². The van der Waals surface area contributed by atoms with Crippen LogP contribution in [0.2, 0.25) is 0 Å². The first kappa shape index (κ1) is 19.7. The molecule has 0 amide bonds. The number of fused-ring (bicyclic) bond motifs is 1. The number of benzene rings is 1. The van der Waals surface area contributed by atoms with Crippen LogP contribution in [-0.2, 0) is 4.74 Å². The molecule has 2 atom stereocenters. The molecule has 3 nitrogen and oxygen atoms in total. The van der Waals surface area contributed by atoms with E-state index in [-0.39, 0.29) is 6.23 Å². The summed E-state index contributed by atoms with van der Waals surface area (Å²) in [6, 6.07) is 10.4. The van der Waals surface area contributed by atoms with Gasteiger partial charge in [0.2, 0.25) is 0 Å². The highest BCUT2D eigenvalue weighted by molar-refractivity contribution is 5.55. The van der Waals surface area contributed by atoms with Crippen LogP contribution in [0.4, 0.5) is 0 Å². The second kappa shape index (κ2) is 8.20. The van der Waals surface area contributed by atoms with Crippen LogP contribution >= 0.6 is 0 Å². The highest BCUT2D eigenvalue weighted by Crippen LogP contribution is 2.43. The van der Waals surface area contributed by atoms with Crippen molar-refractivity contribution in [1.82, 2.24) is 5.32 Å². The average molecular weight is 425 g/mol. The number of ether oxygens (including phenoxy) is 1. The van der Waals surface area contributed by atoms with Crippen LogP contribution in [0.15, 0.2) is 99.7 Å². The molecule has 5 aliphatic rings. The van der Waals surface area contributed by atoms with E-state index in [4.69, 9.17) is 10.5 Å². The third-order valence-electron chi connectivity index (χ3n) is 7.67. The fraction of sp³-hybridized carbons (Fsp3) is 0.379. The van der Waals surface area contributed by atoms with Crippen LogP contribution in [0.5, 0.6) is 0 Å². The van der Waals surface area contributed by atoms with Gasteiger partial charge in [-0.2, -0.15) is 0 Å². The number of hydrogen-bond donors (Lipinski definition) is 2. The molecular weight excluding hydrogens is 392 g/mol. The van der Waals surface area contributed by atoms with Crippen molar-refractivity contribution in [3.63, 3.8) is 0 Å². The lowest BCUT2D eigenvalue weighted by molar-refractivity contribution is 0.147. The number of nitrogens with two attached hydrogens (primary N) is 1. The molecule has 6 rings (SSSR count). The van der Waals surface area contributed by atoms with E-state index < -0.39 is 0 Å². The normalized spacial score (nSPS) is 27.4. The highest BCUT2D eigenvalue weighted by atomic mass is 16.5. The molecule has 1 heterocycles. The summed E-state index contributed by atoms with van der Waals surface area (Å²) in [6.45, 7) is 0. The molecule has 3 N–H and O–H groups in total. The zero-order chi connectivity index (χ0) is 21.5. The first-order valence-corrected chi connectivity index (χ1v) is 12.3. The quantitative estimate of drug-likeness (QED) is 0.573. The van der Waals surface area contributed by atoms with E-state index in [9.17, 15) is 0 Å². The summed E-state index contributed by atoms with van der Waals surface area (Å²) in [4.78, 5) is 0. The van der Waals surface area contributed by atoms with Crippen molar-refractivity contribution in [2.75, 3.05) is 0 Å². The van der Waals surface area contributed by atoms with Gasteiger partial charge in [0.15, 0.2) is 6.23 Å². The largest absolute Gasteiger partial charge is 0.465 e. The van der Waals surface area contributed by atoms with Crippen molar-refractivity contribution in [2.24, 2.45) is 11.7 Å². The van der Waals surface area contributed by atoms with Crippen LogP contribution in [0.3, 0.4) is 0 Å². The molecule has 32 heavy (non-hydrogen) atoms. The second-order valence-corrected chi connectivity index (χ2v) is 9.65. The van der Waals surface area contributed by atoms with Crippen LogP contribution < -0.4 is 11.1 Å². The van der Waals surface area contributed by atoms with Gasteiger partial charge in [-0.15, -0.1) is 0 Å². The minimum absolute atomic E-state index is 0.127. The maximum absolute atomic E-state index is 6.70. The van der Waals surface area contributed by atoms with Gasteiger partial charge in [-0.3, -0.25) is 0 Å². The van der Waals surface area contributed by atoms with E-state index in [2.05, 4.69) is 53.9 Å². The molecule has 0 spiro atoms. The van der Waals surface area contributed by atoms with Crippen molar-refractivity contribution < 1.29 is 4.74 Å². The summed E-state index contributed by atoms with van der Waals surface area (Å²) in [7, 11) is 0. The maximum atomic E-state index is 6.70. The van der Waals surface area contributed by atoms with Crippen LogP contribution in [0.25, 0.3) is 0 Å². The summed E-state index contributed by atoms with van der Waals surface area (Å²) < 4.78 is 6.26. The number of hydrogen-bond acceptors (Lipinski definition) is 3. The van der Waals surface area contributed by atoms with E-state index in [1.54, 1.807) is 16.7 Å². The second-order valence-electron chi connectivity index (χ2n) is 9.65. The highest BCUT2D eigenvalue weighted by Gasteiger charge is 2.32. The molecular formula is C29H32N2O. The molecule has 1 aromatic rings. The van der Waals surface area contributed by atoms with Gasteiger partial charge in [-0.1, -0.05) is 59.7 Å². The standard InChI is InChI=1S/C29H32N2O/c30-26-18-23(22-14-13-19-7-4-5-10-21(19)17-22)15-16-24(26)25-11-6-12-27-28(25)31-29(32-27)20-8-2-1-3-9-20/h1-3,8-9,12,16-18,23,29,31H,4-7,10-11,13-15,30H2. The molecule has 0 bridgehead atoms. The lowest BCUT2D eigenvalue weighted by atomic mass is 9.77. The molecule has 0 aromatic heterocycles. The first-order valence-electron chi connectivity index (χ1n) is 12.3. The molecule has 4 aliphatic carbocycles. The topological polar surface area (TPSA) is 47.3 Å². The van der Waals surface area contributed by atoms with Crippen molar-refractivity contribution in [3.8, 4) is 0 Å². The van der Waals surface area contributed by atoms with Crippen molar-refractivity contribution in [3.05, 3.63) is 105 Å². The van der Waals surface area contributed by atoms with Gasteiger partial charge in [0.1, 0.15) is 5.76 Å². The molecule has 1 aliphatic heterocycles. The van der Waals surface area contributed by atoms with Gasteiger partial charge in [-0.05, 0) is 80.6 Å². The zero-order valence-corrected chi connectivity index (χ0v) is 18.7. The predicted octanol–water partition coefficient (Wildman–Crippen LogP) is 6.62. The molecule has 1 fully saturated rings. The molecule has 1 aromatic carbocycles. The SMILES string of the molecule is NC1=CC(C2=CC3=C(CCCC3)CC2)CC=C1C1=C2NC(c3ccccc3)OC2=CCC1. The Kier molecular flexibility index (Phi) is 5.05. The Labute approximate surface area is 191 Å². The van der Waals surface area contributed by atoms with E-state index in [1.165, 1.54) is 49.7 Å². The van der Waals surface area contributed by atoms with Crippen LogP contribution in [-0.4, -0.2) is 0 Å². The Morgan fingerprint density at radius 1 is 0.938 bits per heavy atom. The first-order chi connectivity index (χ1) is 15.8. The van der Waals surface area contributed by atoms with Gasteiger partial charge < -0.3 is 15.8 Å². The number of rotatable bonds is 3. The Hall–Kier alpha value is -2.94. The summed E-state index contributed by atoms with van der Waals surface area (Å²) in [5, 5.41) is 3.63. The van der Waals surface area contributed by atoms with Gasteiger partial charge in [0.25, 0.3) is 0 Å². The fourth-order valence-corrected chi connectivity index (χ4v) is 5.95. The minimum Gasteiger partial charge on any atom is -0.465 e. The summed E-state index contributed by atoms with van der Waals surface area (Å²) >= 11 is 0. The third-order valence-corrected chi connectivity index (χ3v) is 7.67. The Morgan fingerprint density at radius 2 is 1.81 bits per heavy atom. The monoisotopic (exact) mass is 424 g/mol. The van der Waals surface area contributed by atoms with Crippen molar-refractivity contribution >= 4 is 0 Å². The zero-order valence-electron chi connectivity index (χ0n) is 18.7. The van der Waals surface area contributed by atoms with E-state index in [0.717, 1.165) is 42.0 Å². The van der Waals surface area contributed by atoms with Gasteiger partial charge in [0.05, 0.1) is 5.70 Å². The molecule has 164 valence electrons. The van der Waals surface area contributed by atoms with E-state index in [0.29, 0.717) is 5.92 Å². The fourth-order valence-electron chi connectivity index (χ4n) is 5.95. The Bertz CT molecular complexity index is 1110. The van der Waals surface area contributed by atoms with Crippen molar-refractivity contribution in [1.29, 1.82) is 0 Å². The van der Waals surface area contributed by atoms with Gasteiger partial charge >= 0.3 is 0 Å². The smallest absolute Gasteiger partial charge is 0.196 e. The minimum atomic E-state index is -0.127. The summed E-state index contributed by atoms with van der Waals surface area (Å²) in [5.41, 5.74) is 17.4. The van der Waals surface area contributed by atoms with Gasteiger partial charge in [-0.25, -0.2) is 0 Å². The third kappa shape index (κ3) is 3.54. The Morgan fingerprint density at radius 3 is 2.69 bits per heavy atom. The van der Waals surface area contributed by atoms with E-state index in [1.807, 2.05) is 6.07 Å². The summed E-state index contributed by atoms with van der Waals surface area (Å²) in [6.07, 6.45) is 20.1. The lowest BCUT2D eigenvalue weighted by Crippen LogP contribution is -2.19. The lowest BCUT2D eigenvalue weighted by Gasteiger charge is -2.29. The van der Waals surface area contributed by atoms with Gasteiger partial charge in [0, 0.05) is 17.2 Å². The van der Waals surface area contributed by atoms with Crippen LogP contribution in [0, 0.1) is 5.92 Å². The number of allylic oxidation sites excluding steroid dienone is 8. The van der Waals surface area contributed by atoms with Crippen LogP contribution in [0.1, 0.15) is 69.6 Å². The molecule has 3 heteroatoms. The molecule has 0 saturated carbocycles. The molecule has 1 saturated heterocycles. The summed E-state index contributed by atoms with van der Waals surface area (Å²) in [5.74, 6) is 1.42. The molecule has 2 unspecified atom stereocenters. The maximum Gasteiger partial charge on any atom is 0.196 e. The molecule has 0 radical (unpaired) electrons.